The van der Waals surface area contributed by atoms with Crippen molar-refractivity contribution in [3.8, 4) is 5.69 Å². The van der Waals surface area contributed by atoms with Crippen LogP contribution in [-0.4, -0.2) is 38.7 Å². The molecule has 0 spiro atoms. The maximum Gasteiger partial charge on any atom is 0.257 e. The Morgan fingerprint density at radius 2 is 2.10 bits per heavy atom. The summed E-state index contributed by atoms with van der Waals surface area (Å²) in [5, 5.41) is 4.23. The topological polar surface area (TPSA) is 64.2 Å². The Balaban J connectivity index is 2.19. The summed E-state index contributed by atoms with van der Waals surface area (Å²) in [6.07, 6.45) is 4.14. The molecule has 1 aromatic heterocycles. The summed E-state index contributed by atoms with van der Waals surface area (Å²) in [5.74, 6) is -0.105. The van der Waals surface area contributed by atoms with Crippen LogP contribution in [0.4, 0.5) is 0 Å². The van der Waals surface area contributed by atoms with Gasteiger partial charge in [0, 0.05) is 12.7 Å². The van der Waals surface area contributed by atoms with Gasteiger partial charge < -0.3 is 10.6 Å². The number of nitrogens with two attached hydrogens (primary N) is 1. The molecule has 0 unspecified atom stereocenters. The molecule has 0 bridgehead atoms. The molecule has 0 saturated heterocycles. The molecule has 1 amide bonds. The number of amides is 1. The first kappa shape index (κ1) is 15.2. The molecule has 0 atom stereocenters. The minimum Gasteiger partial charge on any atom is -0.392 e. The van der Waals surface area contributed by atoms with Gasteiger partial charge in [0.2, 0.25) is 0 Å². The van der Waals surface area contributed by atoms with E-state index in [2.05, 4.69) is 5.10 Å². The zero-order valence-electron chi connectivity index (χ0n) is 11.9. The summed E-state index contributed by atoms with van der Waals surface area (Å²) in [6, 6.07) is 9.65. The number of thiocarbonyl (C=S) groups is 1. The van der Waals surface area contributed by atoms with E-state index >= 15 is 0 Å². The summed E-state index contributed by atoms with van der Waals surface area (Å²) in [5.41, 5.74) is 6.99. The lowest BCUT2D eigenvalue weighted by molar-refractivity contribution is 0.0780. The molecule has 0 aliphatic heterocycles. The van der Waals surface area contributed by atoms with Crippen LogP contribution < -0.4 is 5.73 Å². The van der Waals surface area contributed by atoms with E-state index in [0.717, 1.165) is 12.1 Å². The number of hydrogen-bond acceptors (Lipinski definition) is 3. The fraction of sp³-hybridized carbons (Fsp3) is 0.267. The molecule has 2 rings (SSSR count). The van der Waals surface area contributed by atoms with Gasteiger partial charge in [0.1, 0.15) is 0 Å². The quantitative estimate of drug-likeness (QED) is 0.829. The summed E-state index contributed by atoms with van der Waals surface area (Å²) >= 11 is 4.90. The van der Waals surface area contributed by atoms with Crippen LogP contribution in [0.2, 0.25) is 0 Å². The highest BCUT2D eigenvalue weighted by Gasteiger charge is 2.17. The van der Waals surface area contributed by atoms with Crippen molar-refractivity contribution in [2.24, 2.45) is 5.73 Å². The second-order valence-electron chi connectivity index (χ2n) is 4.70. The fourth-order valence-electron chi connectivity index (χ4n) is 2.05. The molecule has 5 nitrogen and oxygen atoms in total. The number of para-hydroxylation sites is 1. The van der Waals surface area contributed by atoms with Crippen LogP contribution in [0, 0.1) is 0 Å². The Bertz CT molecular complexity index is 624. The Labute approximate surface area is 129 Å². The lowest BCUT2D eigenvalue weighted by atomic mass is 10.2. The van der Waals surface area contributed by atoms with Gasteiger partial charge in [0.05, 0.1) is 29.0 Å². The van der Waals surface area contributed by atoms with Crippen molar-refractivity contribution in [3.05, 3.63) is 48.3 Å². The van der Waals surface area contributed by atoms with Gasteiger partial charge >= 0.3 is 0 Å². The number of benzene rings is 1. The first-order valence-corrected chi connectivity index (χ1v) is 7.20. The van der Waals surface area contributed by atoms with Gasteiger partial charge in [-0.2, -0.15) is 5.10 Å². The highest BCUT2D eigenvalue weighted by atomic mass is 32.1. The van der Waals surface area contributed by atoms with Gasteiger partial charge in [-0.15, -0.1) is 0 Å². The monoisotopic (exact) mass is 302 g/mol. The largest absolute Gasteiger partial charge is 0.392 e. The van der Waals surface area contributed by atoms with Crippen molar-refractivity contribution >= 4 is 23.1 Å². The number of carbonyl (C=O) groups excluding carboxylic acids is 1. The van der Waals surface area contributed by atoms with Crippen LogP contribution in [-0.2, 0) is 0 Å². The van der Waals surface area contributed by atoms with Crippen molar-refractivity contribution in [1.82, 2.24) is 14.7 Å². The van der Waals surface area contributed by atoms with Crippen molar-refractivity contribution in [2.45, 2.75) is 13.3 Å². The molecule has 1 heterocycles. The van der Waals surface area contributed by atoms with Crippen molar-refractivity contribution in [2.75, 3.05) is 13.1 Å². The first-order chi connectivity index (χ1) is 10.1. The Morgan fingerprint density at radius 3 is 2.71 bits per heavy atom. The predicted molar refractivity (Wildman–Crippen MR) is 86.5 cm³/mol. The van der Waals surface area contributed by atoms with Crippen LogP contribution in [0.25, 0.3) is 5.69 Å². The summed E-state index contributed by atoms with van der Waals surface area (Å²) in [4.78, 5) is 14.4. The number of nitrogens with zero attached hydrogens (tertiary/aromatic N) is 3. The molecule has 0 radical (unpaired) electrons. The molecule has 1 aromatic carbocycles. The second-order valence-corrected chi connectivity index (χ2v) is 5.23. The molecular weight excluding hydrogens is 284 g/mol. The van der Waals surface area contributed by atoms with E-state index in [-0.39, 0.29) is 5.91 Å². The normalized spacial score (nSPS) is 10.3. The standard InChI is InChI=1S/C15H18N4OS/c1-2-8-18(11-14(16)21)15(20)12-9-17-19(10-12)13-6-4-3-5-7-13/h3-7,9-10H,2,8,11H2,1H3,(H2,16,21). The summed E-state index contributed by atoms with van der Waals surface area (Å²) < 4.78 is 1.68. The van der Waals surface area contributed by atoms with E-state index in [9.17, 15) is 4.79 Å². The number of rotatable bonds is 6. The van der Waals surface area contributed by atoms with Crippen LogP contribution in [0.3, 0.4) is 0 Å². The first-order valence-electron chi connectivity index (χ1n) is 6.79. The molecule has 2 aromatic rings. The average molecular weight is 302 g/mol. The van der Waals surface area contributed by atoms with E-state index in [0.29, 0.717) is 23.6 Å². The van der Waals surface area contributed by atoms with E-state index in [4.69, 9.17) is 18.0 Å². The van der Waals surface area contributed by atoms with Gasteiger partial charge in [-0.25, -0.2) is 4.68 Å². The predicted octanol–water partition coefficient (Wildman–Crippen LogP) is 2.01. The van der Waals surface area contributed by atoms with Gasteiger partial charge in [0.25, 0.3) is 5.91 Å². The van der Waals surface area contributed by atoms with Gasteiger partial charge in [-0.3, -0.25) is 4.79 Å². The third-order valence-electron chi connectivity index (χ3n) is 2.98. The number of aromatic nitrogens is 2. The molecule has 0 saturated carbocycles. The second kappa shape index (κ2) is 6.99. The summed E-state index contributed by atoms with van der Waals surface area (Å²) in [6.45, 7) is 2.92. The molecule has 21 heavy (non-hydrogen) atoms. The lowest BCUT2D eigenvalue weighted by Gasteiger charge is -2.20. The molecule has 0 aliphatic rings. The molecule has 0 aliphatic carbocycles. The minimum absolute atomic E-state index is 0.105. The highest BCUT2D eigenvalue weighted by molar-refractivity contribution is 7.80. The Hall–Kier alpha value is -2.21. The van der Waals surface area contributed by atoms with Crippen LogP contribution in [0.15, 0.2) is 42.7 Å². The molecule has 0 fully saturated rings. The van der Waals surface area contributed by atoms with Crippen molar-refractivity contribution in [1.29, 1.82) is 0 Å². The molecular formula is C15H18N4OS. The van der Waals surface area contributed by atoms with Crippen LogP contribution >= 0.6 is 12.2 Å². The van der Waals surface area contributed by atoms with E-state index in [1.807, 2.05) is 37.3 Å². The van der Waals surface area contributed by atoms with Crippen LogP contribution in [0.1, 0.15) is 23.7 Å². The van der Waals surface area contributed by atoms with Crippen LogP contribution in [0.5, 0.6) is 0 Å². The van der Waals surface area contributed by atoms with E-state index < -0.39 is 0 Å². The lowest BCUT2D eigenvalue weighted by Crippen LogP contribution is -2.38. The Morgan fingerprint density at radius 1 is 1.38 bits per heavy atom. The third-order valence-corrected chi connectivity index (χ3v) is 3.11. The SMILES string of the molecule is CCCN(CC(N)=S)C(=O)c1cnn(-c2ccccc2)c1. The molecule has 110 valence electrons. The zero-order chi connectivity index (χ0) is 15.2. The Kier molecular flexibility index (Phi) is 5.05. The van der Waals surface area contributed by atoms with Gasteiger partial charge in [-0.1, -0.05) is 37.3 Å². The van der Waals surface area contributed by atoms with Gasteiger partial charge in [-0.05, 0) is 18.6 Å². The fourth-order valence-corrected chi connectivity index (χ4v) is 2.20. The van der Waals surface area contributed by atoms with Crippen molar-refractivity contribution < 1.29 is 4.79 Å². The average Bonchev–Trinajstić information content (AvgIpc) is 2.96. The number of hydrogen-bond donors (Lipinski definition) is 1. The number of carbonyl (C=O) groups is 1. The summed E-state index contributed by atoms with van der Waals surface area (Å²) in [7, 11) is 0. The third kappa shape index (κ3) is 3.88. The minimum atomic E-state index is -0.105. The van der Waals surface area contributed by atoms with Gasteiger partial charge in [0.15, 0.2) is 0 Å². The maximum absolute atomic E-state index is 12.5. The van der Waals surface area contributed by atoms with Crippen molar-refractivity contribution in [3.63, 3.8) is 0 Å². The smallest absolute Gasteiger partial charge is 0.257 e. The molecule has 2 N–H and O–H groups in total. The maximum atomic E-state index is 12.5. The zero-order valence-corrected chi connectivity index (χ0v) is 12.7. The molecule has 6 heteroatoms. The van der Waals surface area contributed by atoms with E-state index in [1.165, 1.54) is 0 Å². The van der Waals surface area contributed by atoms with E-state index in [1.54, 1.807) is 22.0 Å². The highest BCUT2D eigenvalue weighted by Crippen LogP contribution is 2.10.